The number of benzene rings is 1. The van der Waals surface area contributed by atoms with E-state index in [1.54, 1.807) is 0 Å². The van der Waals surface area contributed by atoms with Crippen LogP contribution in [-0.4, -0.2) is 37.3 Å². The number of oxime groups is 1. The van der Waals surface area contributed by atoms with Crippen molar-refractivity contribution >= 4 is 17.4 Å². The first-order chi connectivity index (χ1) is 14.4. The van der Waals surface area contributed by atoms with Gasteiger partial charge in [-0.3, -0.25) is 14.2 Å². The van der Waals surface area contributed by atoms with Gasteiger partial charge < -0.3 is 10.2 Å². The molecule has 0 aliphatic carbocycles. The highest BCUT2D eigenvalue weighted by atomic mass is 16.6. The van der Waals surface area contributed by atoms with Gasteiger partial charge in [-0.1, -0.05) is 29.4 Å². The molecule has 4 rings (SSSR count). The average Bonchev–Trinajstić information content (AvgIpc) is 3.42. The first-order valence-electron chi connectivity index (χ1n) is 10.1. The largest absolute Gasteiger partial charge is 0.382 e. The normalized spacial score (nSPS) is 15.7. The minimum Gasteiger partial charge on any atom is -0.382 e. The van der Waals surface area contributed by atoms with E-state index in [0.717, 1.165) is 29.2 Å². The topological polar surface area (TPSA) is 86.3 Å². The van der Waals surface area contributed by atoms with Gasteiger partial charge in [-0.25, -0.2) is 0 Å². The number of carbonyl (C=O) groups excluding carboxylic acids is 1. The predicted octanol–water partition coefficient (Wildman–Crippen LogP) is 3.20. The second-order valence-corrected chi connectivity index (χ2v) is 7.56. The molecular weight excluding hydrogens is 380 g/mol. The Labute approximate surface area is 175 Å². The number of hydrogen-bond acceptors (Lipinski definition) is 5. The Bertz CT molecular complexity index is 1110. The number of anilines is 1. The Morgan fingerprint density at radius 2 is 2.03 bits per heavy atom. The third-order valence-corrected chi connectivity index (χ3v) is 5.36. The minimum atomic E-state index is -0.675. The molecule has 1 aliphatic rings. The number of aromatic nitrogens is 4. The van der Waals surface area contributed by atoms with Crippen molar-refractivity contribution in [2.75, 3.05) is 5.32 Å². The maximum absolute atomic E-state index is 12.7. The van der Waals surface area contributed by atoms with Crippen LogP contribution in [0.25, 0.3) is 0 Å². The molecule has 0 saturated carbocycles. The summed E-state index contributed by atoms with van der Waals surface area (Å²) in [5.74, 6) is 0.257. The van der Waals surface area contributed by atoms with E-state index >= 15 is 0 Å². The Hall–Kier alpha value is -3.42. The summed E-state index contributed by atoms with van der Waals surface area (Å²) in [7, 11) is 0. The van der Waals surface area contributed by atoms with Crippen molar-refractivity contribution in [1.29, 1.82) is 0 Å². The number of nitrogens with one attached hydrogen (secondary N) is 1. The van der Waals surface area contributed by atoms with E-state index < -0.39 is 6.10 Å². The van der Waals surface area contributed by atoms with Crippen molar-refractivity contribution in [3.8, 4) is 0 Å². The number of nitrogens with zero attached hydrogens (tertiary/aromatic N) is 5. The first-order valence-corrected chi connectivity index (χ1v) is 10.1. The summed E-state index contributed by atoms with van der Waals surface area (Å²) in [5.41, 5.74) is 5.93. The Balaban J connectivity index is 1.40. The Morgan fingerprint density at radius 3 is 2.77 bits per heavy atom. The van der Waals surface area contributed by atoms with E-state index in [9.17, 15) is 4.79 Å². The van der Waals surface area contributed by atoms with Crippen molar-refractivity contribution < 1.29 is 9.63 Å². The molecule has 3 aromatic rings. The molecule has 1 atom stereocenters. The molecule has 156 valence electrons. The van der Waals surface area contributed by atoms with Crippen LogP contribution in [0.1, 0.15) is 41.4 Å². The zero-order valence-electron chi connectivity index (χ0n) is 17.7. The van der Waals surface area contributed by atoms with Gasteiger partial charge in [0.25, 0.3) is 5.91 Å². The van der Waals surface area contributed by atoms with Gasteiger partial charge in [0.15, 0.2) is 5.82 Å². The van der Waals surface area contributed by atoms with E-state index in [1.165, 1.54) is 11.1 Å². The SMILES string of the molecule is CCn1cc(C2=NOC(C(=O)Nc3cc(C)n(Cc4ccccc4C)n3)C2)c(C)n1. The average molecular weight is 406 g/mol. The highest BCUT2D eigenvalue weighted by Crippen LogP contribution is 2.21. The van der Waals surface area contributed by atoms with Crippen LogP contribution >= 0.6 is 0 Å². The van der Waals surface area contributed by atoms with Gasteiger partial charge in [-0.15, -0.1) is 0 Å². The molecule has 0 saturated heterocycles. The van der Waals surface area contributed by atoms with Crippen molar-refractivity contribution in [3.05, 3.63) is 64.6 Å². The number of aryl methyl sites for hydroxylation is 4. The molecule has 0 bridgehead atoms. The summed E-state index contributed by atoms with van der Waals surface area (Å²) in [6.45, 7) is 9.45. The zero-order valence-corrected chi connectivity index (χ0v) is 17.7. The summed E-state index contributed by atoms with van der Waals surface area (Å²) >= 11 is 0. The molecule has 0 fully saturated rings. The number of amides is 1. The van der Waals surface area contributed by atoms with Crippen molar-refractivity contribution in [1.82, 2.24) is 19.6 Å². The van der Waals surface area contributed by atoms with E-state index in [4.69, 9.17) is 4.84 Å². The molecule has 8 nitrogen and oxygen atoms in total. The van der Waals surface area contributed by atoms with Crippen molar-refractivity contribution in [2.45, 2.75) is 53.3 Å². The maximum atomic E-state index is 12.7. The molecule has 30 heavy (non-hydrogen) atoms. The molecule has 0 radical (unpaired) electrons. The van der Waals surface area contributed by atoms with Crippen LogP contribution in [0.4, 0.5) is 5.82 Å². The molecule has 1 N–H and O–H groups in total. The van der Waals surface area contributed by atoms with Crippen LogP contribution in [0.3, 0.4) is 0 Å². The van der Waals surface area contributed by atoms with Crippen molar-refractivity contribution in [2.24, 2.45) is 5.16 Å². The Kier molecular flexibility index (Phi) is 5.39. The van der Waals surface area contributed by atoms with Gasteiger partial charge in [0, 0.05) is 36.5 Å². The lowest BCUT2D eigenvalue weighted by Crippen LogP contribution is -2.28. The van der Waals surface area contributed by atoms with E-state index in [2.05, 4.69) is 39.7 Å². The van der Waals surface area contributed by atoms with E-state index in [0.29, 0.717) is 18.8 Å². The number of hydrogen-bond donors (Lipinski definition) is 1. The van der Waals surface area contributed by atoms with Gasteiger partial charge >= 0.3 is 0 Å². The minimum absolute atomic E-state index is 0.255. The zero-order chi connectivity index (χ0) is 21.3. The van der Waals surface area contributed by atoms with Crippen LogP contribution in [0, 0.1) is 20.8 Å². The smallest absolute Gasteiger partial charge is 0.269 e. The fourth-order valence-corrected chi connectivity index (χ4v) is 3.53. The second-order valence-electron chi connectivity index (χ2n) is 7.56. The molecular formula is C22H26N6O2. The summed E-state index contributed by atoms with van der Waals surface area (Å²) in [6, 6.07) is 10.1. The molecule has 1 aliphatic heterocycles. The molecule has 1 aromatic carbocycles. The van der Waals surface area contributed by atoms with Gasteiger partial charge in [-0.05, 0) is 38.8 Å². The van der Waals surface area contributed by atoms with Gasteiger partial charge in [0.05, 0.1) is 18.0 Å². The Morgan fingerprint density at radius 1 is 1.23 bits per heavy atom. The number of rotatable bonds is 6. The van der Waals surface area contributed by atoms with E-state index in [-0.39, 0.29) is 5.91 Å². The lowest BCUT2D eigenvalue weighted by atomic mass is 10.1. The molecule has 8 heteroatoms. The van der Waals surface area contributed by atoms with Crippen LogP contribution in [-0.2, 0) is 22.7 Å². The maximum Gasteiger partial charge on any atom is 0.269 e. The van der Waals surface area contributed by atoms with Crippen molar-refractivity contribution in [3.63, 3.8) is 0 Å². The molecule has 0 spiro atoms. The monoisotopic (exact) mass is 406 g/mol. The summed E-state index contributed by atoms with van der Waals surface area (Å²) in [6.07, 6.45) is 1.67. The first kappa shape index (κ1) is 19.9. The second kappa shape index (κ2) is 8.14. The lowest BCUT2D eigenvalue weighted by molar-refractivity contribution is -0.125. The fraction of sp³-hybridized carbons (Fsp3) is 0.364. The molecule has 3 heterocycles. The molecule has 1 amide bonds. The van der Waals surface area contributed by atoms with Gasteiger partial charge in [0.1, 0.15) is 0 Å². The van der Waals surface area contributed by atoms with Crippen LogP contribution < -0.4 is 5.32 Å². The fourth-order valence-electron chi connectivity index (χ4n) is 3.53. The quantitative estimate of drug-likeness (QED) is 0.681. The van der Waals surface area contributed by atoms with Crippen LogP contribution in [0.5, 0.6) is 0 Å². The molecule has 2 aromatic heterocycles. The highest BCUT2D eigenvalue weighted by molar-refractivity contribution is 6.06. The standard InChI is InChI=1S/C22H26N6O2/c1-5-27-13-18(16(4)24-27)19-11-20(30-26-19)22(29)23-21-10-15(3)28(25-21)12-17-9-7-6-8-14(17)2/h6-10,13,20H,5,11-12H2,1-4H3,(H,23,25,29). The van der Waals surface area contributed by atoms with Gasteiger partial charge in [-0.2, -0.15) is 10.2 Å². The summed E-state index contributed by atoms with van der Waals surface area (Å²) in [4.78, 5) is 18.1. The predicted molar refractivity (Wildman–Crippen MR) is 115 cm³/mol. The lowest BCUT2D eigenvalue weighted by Gasteiger charge is -2.08. The van der Waals surface area contributed by atoms with Gasteiger partial charge in [0.2, 0.25) is 6.10 Å². The number of carbonyl (C=O) groups is 1. The summed E-state index contributed by atoms with van der Waals surface area (Å²) < 4.78 is 3.74. The molecule has 1 unspecified atom stereocenters. The van der Waals surface area contributed by atoms with Crippen LogP contribution in [0.15, 0.2) is 41.7 Å². The third kappa shape index (κ3) is 3.98. The summed E-state index contributed by atoms with van der Waals surface area (Å²) in [5, 5.41) is 16.0. The highest BCUT2D eigenvalue weighted by Gasteiger charge is 2.31. The van der Waals surface area contributed by atoms with E-state index in [1.807, 2.05) is 54.5 Å². The third-order valence-electron chi connectivity index (χ3n) is 5.36. The van der Waals surface area contributed by atoms with Crippen LogP contribution in [0.2, 0.25) is 0 Å².